The molecule has 4 nitrogen and oxygen atoms in total. The van der Waals surface area contributed by atoms with Crippen LogP contribution in [0.3, 0.4) is 0 Å². The minimum atomic E-state index is -3.15. The van der Waals surface area contributed by atoms with Gasteiger partial charge in [0.1, 0.15) is 0 Å². The normalized spacial score (nSPS) is 30.4. The van der Waals surface area contributed by atoms with Crippen LogP contribution in [0.1, 0.15) is 53.9 Å². The fourth-order valence-corrected chi connectivity index (χ4v) is 4.00. The van der Waals surface area contributed by atoms with Crippen molar-refractivity contribution in [2.24, 2.45) is 5.41 Å². The van der Waals surface area contributed by atoms with E-state index in [1.54, 1.807) is 0 Å². The molecule has 3 unspecified atom stereocenters. The van der Waals surface area contributed by atoms with Gasteiger partial charge in [-0.3, -0.25) is 0 Å². The number of rotatable bonds is 4. The summed E-state index contributed by atoms with van der Waals surface area (Å²) in [6.45, 7) is 10.4. The Hall–Kier alpha value is -0.130. The largest absolute Gasteiger partial charge is 0.310 e. The zero-order valence-electron chi connectivity index (χ0n) is 12.3. The Bertz CT molecular complexity index is 360. The molecule has 1 heterocycles. The van der Waals surface area contributed by atoms with E-state index in [1.807, 2.05) is 6.92 Å². The lowest BCUT2D eigenvalue weighted by atomic mass is 9.94. The molecule has 1 fully saturated rings. The maximum absolute atomic E-state index is 12.0. The van der Waals surface area contributed by atoms with E-state index in [4.69, 9.17) is 0 Å². The summed E-state index contributed by atoms with van der Waals surface area (Å²) < 4.78 is 26.9. The van der Waals surface area contributed by atoms with Crippen molar-refractivity contribution in [2.45, 2.75) is 72.0 Å². The molecule has 1 saturated heterocycles. The summed E-state index contributed by atoms with van der Waals surface area (Å²) in [7, 11) is -3.15. The van der Waals surface area contributed by atoms with E-state index in [-0.39, 0.29) is 23.3 Å². The van der Waals surface area contributed by atoms with E-state index < -0.39 is 10.0 Å². The third-order valence-corrected chi connectivity index (χ3v) is 4.92. The predicted molar refractivity (Wildman–Crippen MR) is 76.1 cm³/mol. The van der Waals surface area contributed by atoms with Crippen LogP contribution in [0.4, 0.5) is 0 Å². The summed E-state index contributed by atoms with van der Waals surface area (Å²) in [5.41, 5.74) is 0.0553. The highest BCUT2D eigenvalue weighted by atomic mass is 32.2. The SMILES string of the molecule is CC1CCC(NS(=O)(=O)CCC(C)(C)C)C(C)N1. The first-order chi connectivity index (χ1) is 8.09. The number of hydrogen-bond acceptors (Lipinski definition) is 3. The van der Waals surface area contributed by atoms with Gasteiger partial charge in [-0.1, -0.05) is 20.8 Å². The van der Waals surface area contributed by atoms with Crippen LogP contribution >= 0.6 is 0 Å². The number of piperidine rings is 1. The zero-order valence-corrected chi connectivity index (χ0v) is 13.1. The summed E-state index contributed by atoms with van der Waals surface area (Å²) in [5.74, 6) is 0.218. The van der Waals surface area contributed by atoms with Gasteiger partial charge in [-0.15, -0.1) is 0 Å². The van der Waals surface area contributed by atoms with Crippen molar-refractivity contribution < 1.29 is 8.42 Å². The van der Waals surface area contributed by atoms with Gasteiger partial charge in [-0.25, -0.2) is 13.1 Å². The molecule has 0 aromatic carbocycles. The van der Waals surface area contributed by atoms with Crippen LogP contribution in [-0.2, 0) is 10.0 Å². The van der Waals surface area contributed by atoms with Crippen LogP contribution in [0.25, 0.3) is 0 Å². The van der Waals surface area contributed by atoms with E-state index in [2.05, 4.69) is 37.7 Å². The van der Waals surface area contributed by atoms with Gasteiger partial charge in [0.15, 0.2) is 0 Å². The lowest BCUT2D eigenvalue weighted by molar-refractivity contribution is 0.296. The highest BCUT2D eigenvalue weighted by Crippen LogP contribution is 2.20. The van der Waals surface area contributed by atoms with Crippen molar-refractivity contribution in [1.82, 2.24) is 10.0 Å². The lowest BCUT2D eigenvalue weighted by Gasteiger charge is -2.34. The summed E-state index contributed by atoms with van der Waals surface area (Å²) in [5, 5.41) is 3.40. The molecule has 1 aliphatic heterocycles. The van der Waals surface area contributed by atoms with Gasteiger partial charge in [0.05, 0.1) is 5.75 Å². The molecule has 18 heavy (non-hydrogen) atoms. The molecule has 1 aliphatic rings. The van der Waals surface area contributed by atoms with Crippen molar-refractivity contribution in [3.8, 4) is 0 Å². The van der Waals surface area contributed by atoms with Gasteiger partial charge < -0.3 is 5.32 Å². The second-order valence-corrected chi connectivity index (χ2v) is 8.66. The fraction of sp³-hybridized carbons (Fsp3) is 1.00. The smallest absolute Gasteiger partial charge is 0.211 e. The molecule has 5 heteroatoms. The van der Waals surface area contributed by atoms with E-state index in [0.29, 0.717) is 12.5 Å². The Morgan fingerprint density at radius 2 is 1.83 bits per heavy atom. The third kappa shape index (κ3) is 5.67. The van der Waals surface area contributed by atoms with E-state index >= 15 is 0 Å². The topological polar surface area (TPSA) is 58.2 Å². The summed E-state index contributed by atoms with van der Waals surface area (Å²) >= 11 is 0. The number of sulfonamides is 1. The zero-order chi connectivity index (χ0) is 14.0. The first-order valence-corrected chi connectivity index (χ1v) is 8.50. The summed E-state index contributed by atoms with van der Waals surface area (Å²) in [4.78, 5) is 0. The molecule has 0 saturated carbocycles. The van der Waals surface area contributed by atoms with Crippen LogP contribution in [0.2, 0.25) is 0 Å². The van der Waals surface area contributed by atoms with Crippen molar-refractivity contribution in [3.05, 3.63) is 0 Å². The first-order valence-electron chi connectivity index (χ1n) is 6.85. The Balaban J connectivity index is 2.50. The Labute approximate surface area is 112 Å². The number of hydrogen-bond donors (Lipinski definition) is 2. The first kappa shape index (κ1) is 15.9. The minimum Gasteiger partial charge on any atom is -0.310 e. The monoisotopic (exact) mass is 276 g/mol. The average molecular weight is 276 g/mol. The molecule has 0 spiro atoms. The Morgan fingerprint density at radius 3 is 2.33 bits per heavy atom. The van der Waals surface area contributed by atoms with Gasteiger partial charge in [-0.05, 0) is 38.5 Å². The molecule has 3 atom stereocenters. The molecule has 0 amide bonds. The van der Waals surface area contributed by atoms with Crippen LogP contribution in [0, 0.1) is 5.41 Å². The quantitative estimate of drug-likeness (QED) is 0.824. The van der Waals surface area contributed by atoms with Crippen LogP contribution in [0.5, 0.6) is 0 Å². The second-order valence-electron chi connectivity index (χ2n) is 6.79. The molecule has 0 aromatic heterocycles. The average Bonchev–Trinajstić information content (AvgIpc) is 2.19. The molecule has 2 N–H and O–H groups in total. The maximum atomic E-state index is 12.0. The molecule has 0 aromatic rings. The third-order valence-electron chi connectivity index (χ3n) is 3.51. The van der Waals surface area contributed by atoms with E-state index in [9.17, 15) is 8.42 Å². The fourth-order valence-electron chi connectivity index (χ4n) is 2.22. The van der Waals surface area contributed by atoms with Gasteiger partial charge in [0.25, 0.3) is 0 Å². The molecular formula is C13H28N2O2S. The summed E-state index contributed by atoms with van der Waals surface area (Å²) in [6, 6.07) is 0.722. The lowest BCUT2D eigenvalue weighted by Crippen LogP contribution is -2.55. The molecule has 0 aliphatic carbocycles. The number of nitrogens with one attached hydrogen (secondary N) is 2. The van der Waals surface area contributed by atoms with Crippen molar-refractivity contribution in [3.63, 3.8) is 0 Å². The van der Waals surface area contributed by atoms with Crippen LogP contribution in [-0.4, -0.2) is 32.3 Å². The Kier molecular flexibility index (Phi) is 5.21. The molecule has 1 rings (SSSR count). The highest BCUT2D eigenvalue weighted by Gasteiger charge is 2.28. The molecule has 0 radical (unpaired) electrons. The Morgan fingerprint density at radius 1 is 1.22 bits per heavy atom. The van der Waals surface area contributed by atoms with Crippen molar-refractivity contribution >= 4 is 10.0 Å². The van der Waals surface area contributed by atoms with Crippen LogP contribution in [0.15, 0.2) is 0 Å². The van der Waals surface area contributed by atoms with Gasteiger partial charge >= 0.3 is 0 Å². The molecule has 108 valence electrons. The standard InChI is InChI=1S/C13H28N2O2S/c1-10-6-7-12(11(2)14-10)15-18(16,17)9-8-13(3,4)5/h10-12,14-15H,6-9H2,1-5H3. The molecule has 0 bridgehead atoms. The van der Waals surface area contributed by atoms with E-state index in [1.165, 1.54) is 0 Å². The van der Waals surface area contributed by atoms with Crippen molar-refractivity contribution in [1.29, 1.82) is 0 Å². The predicted octanol–water partition coefficient (Wildman–Crippen LogP) is 1.87. The maximum Gasteiger partial charge on any atom is 0.211 e. The second kappa shape index (κ2) is 5.88. The summed E-state index contributed by atoms with van der Waals surface area (Å²) in [6.07, 6.45) is 2.63. The highest BCUT2D eigenvalue weighted by molar-refractivity contribution is 7.89. The van der Waals surface area contributed by atoms with Gasteiger partial charge in [-0.2, -0.15) is 0 Å². The van der Waals surface area contributed by atoms with Crippen LogP contribution < -0.4 is 10.0 Å². The van der Waals surface area contributed by atoms with Gasteiger partial charge in [0.2, 0.25) is 10.0 Å². The van der Waals surface area contributed by atoms with E-state index in [0.717, 1.165) is 12.8 Å². The van der Waals surface area contributed by atoms with Crippen molar-refractivity contribution in [2.75, 3.05) is 5.75 Å². The molecular weight excluding hydrogens is 248 g/mol. The van der Waals surface area contributed by atoms with Gasteiger partial charge in [0, 0.05) is 18.1 Å². The minimum absolute atomic E-state index is 0.0335.